The van der Waals surface area contributed by atoms with E-state index in [1.165, 1.54) is 0 Å². The van der Waals surface area contributed by atoms with E-state index in [9.17, 15) is 4.79 Å². The van der Waals surface area contributed by atoms with Crippen molar-refractivity contribution in [2.75, 3.05) is 0 Å². The third-order valence-electron chi connectivity index (χ3n) is 2.87. The van der Waals surface area contributed by atoms with Crippen LogP contribution < -0.4 is 0 Å². The molecule has 0 saturated heterocycles. The third kappa shape index (κ3) is 1.28. The molecule has 1 aliphatic carbocycles. The van der Waals surface area contributed by atoms with Crippen LogP contribution in [0.4, 0.5) is 0 Å². The van der Waals surface area contributed by atoms with Gasteiger partial charge in [-0.25, -0.2) is 0 Å². The van der Waals surface area contributed by atoms with Crippen molar-refractivity contribution in [2.45, 2.75) is 32.1 Å². The smallest absolute Gasteiger partial charge is 0.163 e. The van der Waals surface area contributed by atoms with E-state index in [0.717, 1.165) is 17.5 Å². The summed E-state index contributed by atoms with van der Waals surface area (Å²) in [6, 6.07) is 8.70. The number of hydrogen-bond acceptors (Lipinski definition) is 1. The Morgan fingerprint density at radius 3 is 2.92 bits per heavy atom. The molecule has 0 amide bonds. The lowest BCUT2D eigenvalue weighted by Gasteiger charge is -2.31. The number of carbonyl (C=O) groups excluding carboxylic acids is 1. The highest BCUT2D eigenvalue weighted by Crippen LogP contribution is 2.35. The summed E-state index contributed by atoms with van der Waals surface area (Å²) in [7, 11) is 0. The molecule has 1 aromatic carbocycles. The highest BCUT2D eigenvalue weighted by atomic mass is 16.1. The SMILES string of the molecule is CC1(C)CCC(=O)c2cc[c]cc21. The number of rotatable bonds is 0. The zero-order chi connectivity index (χ0) is 9.47. The lowest BCUT2D eigenvalue weighted by molar-refractivity contribution is 0.0957. The van der Waals surface area contributed by atoms with Crippen LogP contribution in [-0.2, 0) is 5.41 Å². The molecule has 1 aliphatic rings. The zero-order valence-electron chi connectivity index (χ0n) is 8.05. The fraction of sp³-hybridized carbons (Fsp3) is 0.417. The summed E-state index contributed by atoms with van der Waals surface area (Å²) in [5, 5.41) is 0. The van der Waals surface area contributed by atoms with E-state index in [4.69, 9.17) is 0 Å². The monoisotopic (exact) mass is 173 g/mol. The molecule has 1 radical (unpaired) electrons. The second kappa shape index (κ2) is 2.69. The highest BCUT2D eigenvalue weighted by molar-refractivity contribution is 5.99. The predicted molar refractivity (Wildman–Crippen MR) is 51.9 cm³/mol. The summed E-state index contributed by atoms with van der Waals surface area (Å²) < 4.78 is 0. The van der Waals surface area contributed by atoms with Crippen LogP contribution in [-0.4, -0.2) is 5.78 Å². The van der Waals surface area contributed by atoms with Crippen LogP contribution >= 0.6 is 0 Å². The molecule has 1 aromatic rings. The van der Waals surface area contributed by atoms with Crippen molar-refractivity contribution in [3.8, 4) is 0 Å². The van der Waals surface area contributed by atoms with Gasteiger partial charge in [0.15, 0.2) is 5.78 Å². The molecule has 0 N–H and O–H groups in total. The van der Waals surface area contributed by atoms with Crippen molar-refractivity contribution >= 4 is 5.78 Å². The van der Waals surface area contributed by atoms with Crippen LogP contribution in [0.15, 0.2) is 18.2 Å². The molecule has 0 heterocycles. The quantitative estimate of drug-likeness (QED) is 0.589. The van der Waals surface area contributed by atoms with Gasteiger partial charge in [0.05, 0.1) is 0 Å². The van der Waals surface area contributed by atoms with Crippen molar-refractivity contribution in [2.24, 2.45) is 0 Å². The van der Waals surface area contributed by atoms with E-state index in [-0.39, 0.29) is 11.2 Å². The lowest BCUT2D eigenvalue weighted by Crippen LogP contribution is -2.27. The number of ketones is 1. The molecule has 0 fully saturated rings. The molecule has 2 rings (SSSR count). The van der Waals surface area contributed by atoms with E-state index in [1.807, 2.05) is 18.2 Å². The van der Waals surface area contributed by atoms with Gasteiger partial charge in [-0.05, 0) is 29.5 Å². The molecule has 13 heavy (non-hydrogen) atoms. The Hall–Kier alpha value is -1.11. The van der Waals surface area contributed by atoms with E-state index in [1.54, 1.807) is 0 Å². The van der Waals surface area contributed by atoms with Crippen molar-refractivity contribution in [3.63, 3.8) is 0 Å². The molecule has 0 bridgehead atoms. The van der Waals surface area contributed by atoms with Gasteiger partial charge in [0.2, 0.25) is 0 Å². The standard InChI is InChI=1S/C12H13O/c1-12(2)8-7-11(13)9-5-3-4-6-10(9)12/h3,5-6H,7-8H2,1-2H3. The van der Waals surface area contributed by atoms with Gasteiger partial charge in [-0.1, -0.05) is 26.0 Å². The first-order valence-corrected chi connectivity index (χ1v) is 4.65. The molecule has 0 atom stereocenters. The molecule has 1 nitrogen and oxygen atoms in total. The fourth-order valence-corrected chi connectivity index (χ4v) is 1.93. The molecule has 0 spiro atoms. The number of Topliss-reactive ketones (excluding diaryl/α,β-unsaturated/α-hetero) is 1. The first-order valence-electron chi connectivity index (χ1n) is 4.65. The Kier molecular flexibility index (Phi) is 1.76. The normalized spacial score (nSPS) is 19.7. The second-order valence-electron chi connectivity index (χ2n) is 4.28. The van der Waals surface area contributed by atoms with Crippen LogP contribution in [0, 0.1) is 6.07 Å². The Balaban J connectivity index is 2.61. The predicted octanol–water partition coefficient (Wildman–Crippen LogP) is 2.74. The van der Waals surface area contributed by atoms with Gasteiger partial charge in [0.1, 0.15) is 0 Å². The molecular formula is C12H13O. The molecular weight excluding hydrogens is 160 g/mol. The maximum absolute atomic E-state index is 11.6. The molecule has 1 heteroatoms. The van der Waals surface area contributed by atoms with Crippen LogP contribution in [0.5, 0.6) is 0 Å². The highest BCUT2D eigenvalue weighted by Gasteiger charge is 2.30. The van der Waals surface area contributed by atoms with Gasteiger partial charge in [-0.3, -0.25) is 4.79 Å². The van der Waals surface area contributed by atoms with Crippen LogP contribution in [0.25, 0.3) is 0 Å². The number of carbonyl (C=O) groups is 1. The maximum Gasteiger partial charge on any atom is 0.163 e. The summed E-state index contributed by atoms with van der Waals surface area (Å²) in [5.74, 6) is 0.281. The molecule has 67 valence electrons. The van der Waals surface area contributed by atoms with Gasteiger partial charge in [-0.15, -0.1) is 0 Å². The minimum absolute atomic E-state index is 0.140. The van der Waals surface area contributed by atoms with Gasteiger partial charge < -0.3 is 0 Å². The van der Waals surface area contributed by atoms with Crippen molar-refractivity contribution in [1.82, 2.24) is 0 Å². The van der Waals surface area contributed by atoms with Crippen LogP contribution in [0.3, 0.4) is 0 Å². The summed E-state index contributed by atoms with van der Waals surface area (Å²) in [6.45, 7) is 4.37. The van der Waals surface area contributed by atoms with Gasteiger partial charge >= 0.3 is 0 Å². The summed E-state index contributed by atoms with van der Waals surface area (Å²) in [6.07, 6.45) is 1.64. The van der Waals surface area contributed by atoms with E-state index < -0.39 is 0 Å². The second-order valence-corrected chi connectivity index (χ2v) is 4.28. The Bertz CT molecular complexity index is 350. The van der Waals surface area contributed by atoms with Crippen LogP contribution in [0.2, 0.25) is 0 Å². The summed E-state index contributed by atoms with van der Waals surface area (Å²) in [5.41, 5.74) is 2.20. The minimum Gasteiger partial charge on any atom is -0.294 e. The minimum atomic E-state index is 0.140. The molecule has 0 aromatic heterocycles. The fourth-order valence-electron chi connectivity index (χ4n) is 1.93. The summed E-state index contributed by atoms with van der Waals surface area (Å²) >= 11 is 0. The van der Waals surface area contributed by atoms with Gasteiger partial charge in [-0.2, -0.15) is 0 Å². The molecule has 0 saturated carbocycles. The van der Waals surface area contributed by atoms with E-state index in [2.05, 4.69) is 19.9 Å². The van der Waals surface area contributed by atoms with Crippen molar-refractivity contribution in [1.29, 1.82) is 0 Å². The van der Waals surface area contributed by atoms with E-state index >= 15 is 0 Å². The molecule has 0 aliphatic heterocycles. The van der Waals surface area contributed by atoms with E-state index in [0.29, 0.717) is 6.42 Å². The Labute approximate surface area is 78.8 Å². The zero-order valence-corrected chi connectivity index (χ0v) is 8.05. The Morgan fingerprint density at radius 1 is 1.46 bits per heavy atom. The largest absolute Gasteiger partial charge is 0.294 e. The summed E-state index contributed by atoms with van der Waals surface area (Å²) in [4.78, 5) is 11.6. The van der Waals surface area contributed by atoms with Crippen molar-refractivity contribution < 1.29 is 4.79 Å². The maximum atomic E-state index is 11.6. The molecule has 0 unspecified atom stereocenters. The van der Waals surface area contributed by atoms with Crippen molar-refractivity contribution in [3.05, 3.63) is 35.4 Å². The first kappa shape index (κ1) is 8.49. The number of hydrogen-bond donors (Lipinski definition) is 0. The first-order chi connectivity index (χ1) is 6.11. The topological polar surface area (TPSA) is 17.1 Å². The Morgan fingerprint density at radius 2 is 2.23 bits per heavy atom. The van der Waals surface area contributed by atoms with Gasteiger partial charge in [0, 0.05) is 12.0 Å². The van der Waals surface area contributed by atoms with Crippen LogP contribution in [0.1, 0.15) is 42.6 Å². The number of benzene rings is 1. The average molecular weight is 173 g/mol. The average Bonchev–Trinajstić information content (AvgIpc) is 2.13. The number of fused-ring (bicyclic) bond motifs is 1. The third-order valence-corrected chi connectivity index (χ3v) is 2.87. The lowest BCUT2D eigenvalue weighted by atomic mass is 9.72. The van der Waals surface area contributed by atoms with Gasteiger partial charge in [0.25, 0.3) is 0 Å².